The highest BCUT2D eigenvalue weighted by Crippen LogP contribution is 2.70. The van der Waals surface area contributed by atoms with Gasteiger partial charge in [0.15, 0.2) is 17.5 Å². The molecular weight excluding hydrogens is 761 g/mol. The molecule has 2 aromatic heterocycles. The molecule has 0 radical (unpaired) electrons. The lowest BCUT2D eigenvalue weighted by Crippen LogP contribution is -2.55. The Labute approximate surface area is 359 Å². The van der Waals surface area contributed by atoms with Gasteiger partial charge in [0.2, 0.25) is 0 Å². The van der Waals surface area contributed by atoms with Crippen molar-refractivity contribution in [3.05, 3.63) is 174 Å². The molecule has 2 heterocycles. The molecule has 9 aromatic rings. The quantitative estimate of drug-likeness (QED) is 0.174. The molecule has 1 spiro atoms. The van der Waals surface area contributed by atoms with Gasteiger partial charge in [0.1, 0.15) is 0 Å². The number of nitriles is 1. The summed E-state index contributed by atoms with van der Waals surface area (Å²) in [4.78, 5) is 15.4. The number of nitrogens with zero attached hydrogens (tertiary/aromatic N) is 4. The number of fused-ring (bicyclic) bond motifs is 6. The first kappa shape index (κ1) is 35.1. The number of hydrogen-bond donors (Lipinski definition) is 0. The van der Waals surface area contributed by atoms with Gasteiger partial charge in [-0.05, 0) is 125 Å². The van der Waals surface area contributed by atoms with Crippen LogP contribution in [-0.2, 0) is 5.41 Å². The van der Waals surface area contributed by atoms with Crippen molar-refractivity contribution in [3.8, 4) is 73.6 Å². The Morgan fingerprint density at radius 2 is 1.02 bits per heavy atom. The molecule has 61 heavy (non-hydrogen) atoms. The Morgan fingerprint density at radius 1 is 0.459 bits per heavy atom. The summed E-state index contributed by atoms with van der Waals surface area (Å²) in [6.07, 6.45) is 6.60. The van der Waals surface area contributed by atoms with Crippen LogP contribution in [0.1, 0.15) is 48.8 Å². The fourth-order valence-electron chi connectivity index (χ4n) is 12.5. The summed E-state index contributed by atoms with van der Waals surface area (Å²) in [7, 11) is 0. The molecule has 0 atom stereocenters. The van der Waals surface area contributed by atoms with Crippen LogP contribution in [0.5, 0.6) is 0 Å². The Bertz CT molecular complexity index is 3260. The van der Waals surface area contributed by atoms with Gasteiger partial charge in [-0.3, -0.25) is 0 Å². The number of hydrogen-bond acceptors (Lipinski definition) is 5. The van der Waals surface area contributed by atoms with E-state index in [0.29, 0.717) is 29.3 Å². The molecule has 0 amide bonds. The predicted molar refractivity (Wildman–Crippen MR) is 248 cm³/mol. The van der Waals surface area contributed by atoms with Gasteiger partial charge in [0.05, 0.1) is 11.6 Å². The zero-order valence-electron chi connectivity index (χ0n) is 33.6. The third kappa shape index (κ3) is 5.25. The summed E-state index contributed by atoms with van der Waals surface area (Å²) < 4.78 is 2.47. The SMILES string of the molecule is N#Cc1cccc2c1C1(c3cc(-c4ccc5c(c4)sc4cc(-c6nc(-c7ccccc7)nc(-c7ccccc7-c7ccccc7)n6)ccc45)ccc3-2)C2CC3CC(C2)CC1C3. The van der Waals surface area contributed by atoms with Crippen LogP contribution < -0.4 is 0 Å². The van der Waals surface area contributed by atoms with E-state index >= 15 is 0 Å². The Kier molecular flexibility index (Phi) is 7.69. The fraction of sp³-hybridized carbons (Fsp3) is 0.179. The summed E-state index contributed by atoms with van der Waals surface area (Å²) in [5.41, 5.74) is 13.9. The molecule has 14 rings (SSSR count). The molecule has 5 aliphatic rings. The standard InChI is InChI=1S/C56H40N4S/c57-32-40-14-9-17-47-44-21-18-37(29-49(44)56(52(40)47)41-25-33-24-34(27-41)28-42(56)26-33)38-19-22-45-46-23-20-39(31-51(46)61-50(45)30-38)54-58-53(36-12-5-2-6-13-36)59-55(60-54)48-16-8-7-15-43(48)35-10-3-1-4-11-35/h1-23,29-31,33-34,41-42H,24-28H2. The summed E-state index contributed by atoms with van der Waals surface area (Å²) >= 11 is 1.83. The molecule has 4 saturated carbocycles. The topological polar surface area (TPSA) is 62.5 Å². The molecule has 4 bridgehead atoms. The first-order valence-corrected chi connectivity index (χ1v) is 22.6. The van der Waals surface area contributed by atoms with Crippen LogP contribution in [0.2, 0.25) is 0 Å². The largest absolute Gasteiger partial charge is 0.208 e. The molecule has 0 unspecified atom stereocenters. The van der Waals surface area contributed by atoms with E-state index in [-0.39, 0.29) is 5.41 Å². The van der Waals surface area contributed by atoms with Crippen LogP contribution in [0.25, 0.3) is 87.7 Å². The van der Waals surface area contributed by atoms with Gasteiger partial charge in [-0.1, -0.05) is 133 Å². The Hall–Kier alpha value is -6.74. The summed E-state index contributed by atoms with van der Waals surface area (Å²) in [6.45, 7) is 0. The van der Waals surface area contributed by atoms with Crippen LogP contribution in [-0.4, -0.2) is 15.0 Å². The second-order valence-corrected chi connectivity index (χ2v) is 19.0. The lowest BCUT2D eigenvalue weighted by atomic mass is 9.43. The van der Waals surface area contributed by atoms with Gasteiger partial charge in [-0.15, -0.1) is 11.3 Å². The van der Waals surface area contributed by atoms with E-state index in [1.165, 1.54) is 85.7 Å². The number of aromatic nitrogens is 3. The molecule has 4 fully saturated rings. The van der Waals surface area contributed by atoms with Crippen LogP contribution >= 0.6 is 11.3 Å². The Morgan fingerprint density at radius 3 is 1.72 bits per heavy atom. The monoisotopic (exact) mass is 800 g/mol. The van der Waals surface area contributed by atoms with Crippen LogP contribution in [0, 0.1) is 35.0 Å². The van der Waals surface area contributed by atoms with Crippen molar-refractivity contribution in [2.24, 2.45) is 23.7 Å². The van der Waals surface area contributed by atoms with Crippen molar-refractivity contribution < 1.29 is 0 Å². The van der Waals surface area contributed by atoms with Crippen LogP contribution in [0.4, 0.5) is 0 Å². The number of thiophene rings is 1. The minimum Gasteiger partial charge on any atom is -0.208 e. The molecule has 7 aromatic carbocycles. The third-order valence-corrected chi connectivity index (χ3v) is 15.9. The van der Waals surface area contributed by atoms with Gasteiger partial charge in [-0.25, -0.2) is 15.0 Å². The average Bonchev–Trinajstić information content (AvgIpc) is 3.83. The van der Waals surface area contributed by atoms with Crippen LogP contribution in [0.15, 0.2) is 158 Å². The van der Waals surface area contributed by atoms with E-state index in [1.807, 2.05) is 35.6 Å². The summed E-state index contributed by atoms with van der Waals surface area (Å²) in [5.74, 6) is 4.88. The fourth-order valence-corrected chi connectivity index (χ4v) is 13.7. The van der Waals surface area contributed by atoms with Gasteiger partial charge in [-0.2, -0.15) is 5.26 Å². The first-order valence-electron chi connectivity index (χ1n) is 21.7. The van der Waals surface area contributed by atoms with Gasteiger partial charge >= 0.3 is 0 Å². The minimum atomic E-state index is -0.0581. The van der Waals surface area contributed by atoms with Gasteiger partial charge in [0, 0.05) is 42.3 Å². The van der Waals surface area contributed by atoms with E-state index in [2.05, 4.69) is 140 Å². The zero-order chi connectivity index (χ0) is 40.2. The highest BCUT2D eigenvalue weighted by atomic mass is 32.1. The van der Waals surface area contributed by atoms with Crippen molar-refractivity contribution in [3.63, 3.8) is 0 Å². The third-order valence-electron chi connectivity index (χ3n) is 14.8. The van der Waals surface area contributed by atoms with Crippen LogP contribution in [0.3, 0.4) is 0 Å². The summed E-state index contributed by atoms with van der Waals surface area (Å²) in [5, 5.41) is 13.0. The smallest absolute Gasteiger partial charge is 0.164 e. The van der Waals surface area contributed by atoms with E-state index in [1.54, 1.807) is 0 Å². The molecule has 0 saturated heterocycles. The number of benzene rings is 7. The maximum absolute atomic E-state index is 10.5. The lowest BCUT2D eigenvalue weighted by molar-refractivity contribution is -0.0400. The van der Waals surface area contributed by atoms with Crippen molar-refractivity contribution in [2.75, 3.05) is 0 Å². The average molecular weight is 801 g/mol. The van der Waals surface area contributed by atoms with Gasteiger partial charge in [0.25, 0.3) is 0 Å². The van der Waals surface area contributed by atoms with Crippen molar-refractivity contribution in [1.82, 2.24) is 15.0 Å². The number of rotatable bonds is 5. The summed E-state index contributed by atoms with van der Waals surface area (Å²) in [6, 6.07) is 59.0. The van der Waals surface area contributed by atoms with E-state index < -0.39 is 0 Å². The zero-order valence-corrected chi connectivity index (χ0v) is 34.4. The van der Waals surface area contributed by atoms with Crippen molar-refractivity contribution in [2.45, 2.75) is 37.5 Å². The van der Waals surface area contributed by atoms with E-state index in [9.17, 15) is 5.26 Å². The maximum Gasteiger partial charge on any atom is 0.164 e. The maximum atomic E-state index is 10.5. The molecule has 5 heteroatoms. The highest BCUT2D eigenvalue weighted by Gasteiger charge is 2.62. The minimum absolute atomic E-state index is 0.0581. The molecule has 5 aliphatic carbocycles. The molecule has 290 valence electrons. The highest BCUT2D eigenvalue weighted by molar-refractivity contribution is 7.25. The second kappa shape index (κ2) is 13.4. The molecule has 0 N–H and O–H groups in total. The van der Waals surface area contributed by atoms with E-state index in [4.69, 9.17) is 15.0 Å². The van der Waals surface area contributed by atoms with Crippen molar-refractivity contribution >= 4 is 31.5 Å². The molecule has 0 aliphatic heterocycles. The lowest BCUT2D eigenvalue weighted by Gasteiger charge is -2.61. The molecular formula is C56H40N4S. The van der Waals surface area contributed by atoms with Gasteiger partial charge < -0.3 is 0 Å². The first-order chi connectivity index (χ1) is 30.1. The second-order valence-electron chi connectivity index (χ2n) is 17.9. The predicted octanol–water partition coefficient (Wildman–Crippen LogP) is 14.2. The van der Waals surface area contributed by atoms with Crippen molar-refractivity contribution in [1.29, 1.82) is 5.26 Å². The van der Waals surface area contributed by atoms with E-state index in [0.717, 1.165) is 45.2 Å². The Balaban J connectivity index is 0.914. The molecule has 4 nitrogen and oxygen atoms in total. The normalized spacial score (nSPS) is 21.8.